The van der Waals surface area contributed by atoms with Crippen LogP contribution in [-0.4, -0.2) is 23.6 Å². The molecule has 0 N–H and O–H groups in total. The molecule has 124 valence electrons. The molecule has 0 heterocycles. The Morgan fingerprint density at radius 3 is 1.82 bits per heavy atom. The van der Waals surface area contributed by atoms with Gasteiger partial charge in [0.05, 0.1) is 0 Å². The number of alkyl halides is 2. The van der Waals surface area contributed by atoms with Gasteiger partial charge in [-0.2, -0.15) is 0 Å². The summed E-state index contributed by atoms with van der Waals surface area (Å²) in [4.78, 5) is 12.0. The summed E-state index contributed by atoms with van der Waals surface area (Å²) in [6.07, 6.45) is -2.83. The van der Waals surface area contributed by atoms with E-state index >= 15 is 0 Å². The van der Waals surface area contributed by atoms with Gasteiger partial charge >= 0.3 is 5.97 Å². The van der Waals surface area contributed by atoms with Gasteiger partial charge in [0.2, 0.25) is 0 Å². The summed E-state index contributed by atoms with van der Waals surface area (Å²) in [5.74, 6) is -1.96. The Bertz CT molecular complexity index is 496. The lowest BCUT2D eigenvalue weighted by atomic mass is 9.99. The molecular weight excluding hydrogens is 290 g/mol. The van der Waals surface area contributed by atoms with Crippen LogP contribution in [0.25, 0.3) is 0 Å². The molecule has 5 heteroatoms. The van der Waals surface area contributed by atoms with Gasteiger partial charge in [-0.25, -0.2) is 8.78 Å². The zero-order valence-corrected chi connectivity index (χ0v) is 13.9. The lowest BCUT2D eigenvalue weighted by molar-refractivity contribution is -0.160. The highest BCUT2D eigenvalue weighted by molar-refractivity contribution is 5.79. The van der Waals surface area contributed by atoms with E-state index in [0.29, 0.717) is 5.75 Å². The van der Waals surface area contributed by atoms with E-state index in [2.05, 4.69) is 0 Å². The summed E-state index contributed by atoms with van der Waals surface area (Å²) < 4.78 is 37.2. The van der Waals surface area contributed by atoms with Crippen molar-refractivity contribution in [2.45, 2.75) is 65.1 Å². The third-order valence-corrected chi connectivity index (χ3v) is 2.58. The van der Waals surface area contributed by atoms with Crippen LogP contribution in [0.1, 0.15) is 53.0 Å². The first kappa shape index (κ1) is 18.4. The molecule has 0 saturated carbocycles. The summed E-state index contributed by atoms with van der Waals surface area (Å²) in [6.45, 7) is 10.6. The molecule has 22 heavy (non-hydrogen) atoms. The maximum atomic E-state index is 13.3. The molecule has 0 aromatic heterocycles. The summed E-state index contributed by atoms with van der Waals surface area (Å²) in [7, 11) is 0. The van der Waals surface area contributed by atoms with E-state index in [1.807, 2.05) is 20.8 Å². The fraction of sp³-hybridized carbons (Fsp3) is 0.588. The number of benzene rings is 1. The van der Waals surface area contributed by atoms with E-state index in [9.17, 15) is 13.6 Å². The minimum Gasteiger partial charge on any atom is -0.488 e. The van der Waals surface area contributed by atoms with Crippen LogP contribution in [-0.2, 0) is 9.53 Å². The third-order valence-electron chi connectivity index (χ3n) is 2.58. The van der Waals surface area contributed by atoms with Crippen molar-refractivity contribution in [3.8, 4) is 5.75 Å². The Morgan fingerprint density at radius 1 is 0.955 bits per heavy atom. The van der Waals surface area contributed by atoms with E-state index < -0.39 is 23.9 Å². The first-order chi connectivity index (χ1) is 9.89. The highest BCUT2D eigenvalue weighted by Crippen LogP contribution is 2.29. The Kier molecular flexibility index (Phi) is 5.54. The van der Waals surface area contributed by atoms with Gasteiger partial charge in [0.15, 0.2) is 0 Å². The number of esters is 1. The molecule has 3 nitrogen and oxygen atoms in total. The molecular formula is C17H24F2O3. The number of carbonyl (C=O) groups is 1. The smallest absolute Gasteiger partial charge is 0.319 e. The Balaban J connectivity index is 2.96. The minimum atomic E-state index is -2.83. The number of carbonyl (C=O) groups excluding carboxylic acids is 1. The standard InChI is InChI=1S/C17H24F2O3/c1-16(2,3)21-12-9-7-11(8-10-12)13(14(18)19)15(20)22-17(4,5)6/h7-10,13-14H,1-6H3/t13-/m0/s1. The first-order valence-electron chi connectivity index (χ1n) is 7.19. The molecule has 0 unspecified atom stereocenters. The topological polar surface area (TPSA) is 35.5 Å². The van der Waals surface area contributed by atoms with E-state index in [1.165, 1.54) is 12.1 Å². The van der Waals surface area contributed by atoms with Gasteiger partial charge < -0.3 is 9.47 Å². The molecule has 1 aromatic rings. The van der Waals surface area contributed by atoms with Crippen LogP contribution in [0, 0.1) is 0 Å². The van der Waals surface area contributed by atoms with E-state index in [4.69, 9.17) is 9.47 Å². The zero-order chi connectivity index (χ0) is 17.1. The van der Waals surface area contributed by atoms with Crippen LogP contribution in [0.4, 0.5) is 8.78 Å². The van der Waals surface area contributed by atoms with Crippen molar-refractivity contribution in [2.24, 2.45) is 0 Å². The Labute approximate surface area is 130 Å². The number of halogens is 2. The summed E-state index contributed by atoms with van der Waals surface area (Å²) in [6, 6.07) is 6.12. The summed E-state index contributed by atoms with van der Waals surface area (Å²) >= 11 is 0. The molecule has 0 saturated heterocycles. The van der Waals surface area contributed by atoms with Gasteiger partial charge in [0.25, 0.3) is 6.43 Å². The Morgan fingerprint density at radius 2 is 1.45 bits per heavy atom. The quantitative estimate of drug-likeness (QED) is 0.765. The highest BCUT2D eigenvalue weighted by Gasteiger charge is 2.34. The zero-order valence-electron chi connectivity index (χ0n) is 13.9. The second-order valence-corrected chi connectivity index (χ2v) is 7.13. The summed E-state index contributed by atoms with van der Waals surface area (Å²) in [5.41, 5.74) is -0.973. The van der Waals surface area contributed by atoms with Crippen molar-refractivity contribution in [3.05, 3.63) is 29.8 Å². The Hall–Kier alpha value is -1.65. The predicted octanol–water partition coefficient (Wildman–Crippen LogP) is 4.55. The van der Waals surface area contributed by atoms with Crippen LogP contribution in [0.5, 0.6) is 5.75 Å². The number of hydrogen-bond donors (Lipinski definition) is 0. The molecule has 0 amide bonds. The molecule has 1 rings (SSSR count). The van der Waals surface area contributed by atoms with Gasteiger partial charge in [0.1, 0.15) is 22.9 Å². The summed E-state index contributed by atoms with van der Waals surface area (Å²) in [5, 5.41) is 0. The van der Waals surface area contributed by atoms with Crippen LogP contribution in [0.3, 0.4) is 0 Å². The van der Waals surface area contributed by atoms with Crippen LogP contribution < -0.4 is 4.74 Å². The van der Waals surface area contributed by atoms with Crippen molar-refractivity contribution < 1.29 is 23.0 Å². The van der Waals surface area contributed by atoms with Crippen LogP contribution in [0.2, 0.25) is 0 Å². The first-order valence-corrected chi connectivity index (χ1v) is 7.19. The fourth-order valence-corrected chi connectivity index (χ4v) is 1.85. The van der Waals surface area contributed by atoms with Crippen molar-refractivity contribution in [1.82, 2.24) is 0 Å². The predicted molar refractivity (Wildman–Crippen MR) is 81.4 cm³/mol. The van der Waals surface area contributed by atoms with Gasteiger partial charge in [-0.15, -0.1) is 0 Å². The lowest BCUT2D eigenvalue weighted by Crippen LogP contribution is -2.30. The molecule has 1 aromatic carbocycles. The van der Waals surface area contributed by atoms with E-state index in [1.54, 1.807) is 32.9 Å². The molecule has 0 bridgehead atoms. The third kappa shape index (κ3) is 6.00. The number of hydrogen-bond acceptors (Lipinski definition) is 3. The van der Waals surface area contributed by atoms with Gasteiger partial charge in [0, 0.05) is 0 Å². The van der Waals surface area contributed by atoms with E-state index in [0.717, 1.165) is 0 Å². The molecule has 0 aliphatic rings. The van der Waals surface area contributed by atoms with Crippen LogP contribution >= 0.6 is 0 Å². The highest BCUT2D eigenvalue weighted by atomic mass is 19.3. The lowest BCUT2D eigenvalue weighted by Gasteiger charge is -2.24. The van der Waals surface area contributed by atoms with E-state index in [-0.39, 0.29) is 11.2 Å². The number of rotatable bonds is 4. The molecule has 0 aliphatic carbocycles. The second kappa shape index (κ2) is 6.63. The van der Waals surface area contributed by atoms with Crippen molar-refractivity contribution in [2.75, 3.05) is 0 Å². The molecule has 0 fully saturated rings. The average molecular weight is 314 g/mol. The van der Waals surface area contributed by atoms with Gasteiger partial charge in [-0.3, -0.25) is 4.79 Å². The average Bonchev–Trinajstić information content (AvgIpc) is 2.26. The molecule has 0 spiro atoms. The molecule has 0 aliphatic heterocycles. The minimum absolute atomic E-state index is 0.213. The maximum absolute atomic E-state index is 13.3. The molecule has 0 radical (unpaired) electrons. The largest absolute Gasteiger partial charge is 0.488 e. The number of ether oxygens (including phenoxy) is 2. The van der Waals surface area contributed by atoms with Crippen molar-refractivity contribution in [3.63, 3.8) is 0 Å². The normalized spacial score (nSPS) is 13.9. The van der Waals surface area contributed by atoms with Crippen LogP contribution in [0.15, 0.2) is 24.3 Å². The maximum Gasteiger partial charge on any atom is 0.319 e. The second-order valence-electron chi connectivity index (χ2n) is 7.13. The van der Waals surface area contributed by atoms with Crippen molar-refractivity contribution in [1.29, 1.82) is 0 Å². The fourth-order valence-electron chi connectivity index (χ4n) is 1.85. The monoisotopic (exact) mass is 314 g/mol. The van der Waals surface area contributed by atoms with Crippen molar-refractivity contribution >= 4 is 5.97 Å². The molecule has 1 atom stereocenters. The van der Waals surface area contributed by atoms with Gasteiger partial charge in [-0.05, 0) is 59.2 Å². The van der Waals surface area contributed by atoms with Gasteiger partial charge in [-0.1, -0.05) is 12.1 Å². The SMILES string of the molecule is CC(C)(C)OC(=O)[C@@H](c1ccc(OC(C)(C)C)cc1)C(F)F.